The van der Waals surface area contributed by atoms with E-state index in [0.717, 1.165) is 43.3 Å². The molecule has 0 bridgehead atoms. The zero-order chi connectivity index (χ0) is 15.6. The first kappa shape index (κ1) is 14.5. The van der Waals surface area contributed by atoms with Gasteiger partial charge in [-0.25, -0.2) is 9.97 Å². The fourth-order valence-electron chi connectivity index (χ4n) is 2.97. The summed E-state index contributed by atoms with van der Waals surface area (Å²) in [6.45, 7) is 4.74. The van der Waals surface area contributed by atoms with Crippen LogP contribution in [0.15, 0.2) is 41.9 Å². The molecule has 3 aromatic rings. The number of thiophene rings is 1. The van der Waals surface area contributed by atoms with Gasteiger partial charge in [-0.05, 0) is 30.5 Å². The molecule has 116 valence electrons. The minimum atomic E-state index is 0.863. The summed E-state index contributed by atoms with van der Waals surface area (Å²) >= 11 is 1.73. The third-order valence-electron chi connectivity index (χ3n) is 4.10. The zero-order valence-corrected chi connectivity index (χ0v) is 13.9. The van der Waals surface area contributed by atoms with Crippen molar-refractivity contribution < 1.29 is 0 Å². The van der Waals surface area contributed by atoms with Crippen molar-refractivity contribution >= 4 is 11.3 Å². The quantitative estimate of drug-likeness (QED) is 0.740. The van der Waals surface area contributed by atoms with Crippen LogP contribution < -0.4 is 0 Å². The highest BCUT2D eigenvalue weighted by atomic mass is 32.1. The summed E-state index contributed by atoms with van der Waals surface area (Å²) in [6, 6.07) is 10.5. The van der Waals surface area contributed by atoms with E-state index in [1.54, 1.807) is 11.3 Å². The SMILES string of the molecule is Cc1ncc2c(n1)CCN(Cc1cccc(-c3cccs3)n1)C2. The van der Waals surface area contributed by atoms with Crippen molar-refractivity contribution in [3.63, 3.8) is 0 Å². The lowest BCUT2D eigenvalue weighted by Crippen LogP contribution is -2.31. The minimum Gasteiger partial charge on any atom is -0.293 e. The molecule has 0 saturated heterocycles. The highest BCUT2D eigenvalue weighted by Crippen LogP contribution is 2.23. The predicted octanol–water partition coefficient (Wildman–Crippen LogP) is 3.47. The number of aromatic nitrogens is 3. The summed E-state index contributed by atoms with van der Waals surface area (Å²) in [5.74, 6) is 0.863. The highest BCUT2D eigenvalue weighted by Gasteiger charge is 2.18. The Hall–Kier alpha value is -2.11. The molecular weight excluding hydrogens is 304 g/mol. The van der Waals surface area contributed by atoms with Gasteiger partial charge in [0.1, 0.15) is 5.82 Å². The molecule has 0 amide bonds. The van der Waals surface area contributed by atoms with Gasteiger partial charge in [0.05, 0.1) is 16.3 Å². The van der Waals surface area contributed by atoms with Gasteiger partial charge in [-0.15, -0.1) is 11.3 Å². The van der Waals surface area contributed by atoms with Gasteiger partial charge in [-0.3, -0.25) is 9.88 Å². The molecule has 4 rings (SSSR count). The van der Waals surface area contributed by atoms with Crippen molar-refractivity contribution in [1.29, 1.82) is 0 Å². The number of nitrogens with zero attached hydrogens (tertiary/aromatic N) is 4. The Kier molecular flexibility index (Phi) is 3.89. The van der Waals surface area contributed by atoms with Crippen molar-refractivity contribution in [1.82, 2.24) is 19.9 Å². The Morgan fingerprint density at radius 1 is 1.17 bits per heavy atom. The first-order chi connectivity index (χ1) is 11.3. The Morgan fingerprint density at radius 3 is 3.00 bits per heavy atom. The lowest BCUT2D eigenvalue weighted by molar-refractivity contribution is 0.240. The fraction of sp³-hybridized carbons (Fsp3) is 0.278. The van der Waals surface area contributed by atoms with E-state index in [-0.39, 0.29) is 0 Å². The molecule has 0 radical (unpaired) electrons. The van der Waals surface area contributed by atoms with Crippen molar-refractivity contribution in [2.24, 2.45) is 0 Å². The standard InChI is InChI=1S/C18H18N4S/c1-13-19-10-14-11-22(8-7-16(14)20-13)12-15-4-2-5-17(21-15)18-6-3-9-23-18/h2-6,9-10H,7-8,11-12H2,1H3. The van der Waals surface area contributed by atoms with E-state index < -0.39 is 0 Å². The molecule has 5 heteroatoms. The Labute approximate surface area is 139 Å². The van der Waals surface area contributed by atoms with Crippen molar-refractivity contribution in [2.45, 2.75) is 26.4 Å². The number of fused-ring (bicyclic) bond motifs is 1. The topological polar surface area (TPSA) is 41.9 Å². The maximum atomic E-state index is 4.82. The number of hydrogen-bond donors (Lipinski definition) is 0. The largest absolute Gasteiger partial charge is 0.293 e. The van der Waals surface area contributed by atoms with E-state index in [1.165, 1.54) is 16.1 Å². The first-order valence-corrected chi connectivity index (χ1v) is 8.69. The molecule has 1 aliphatic heterocycles. The summed E-state index contributed by atoms with van der Waals surface area (Å²) in [4.78, 5) is 17.3. The summed E-state index contributed by atoms with van der Waals surface area (Å²) < 4.78 is 0. The van der Waals surface area contributed by atoms with Gasteiger partial charge in [0.15, 0.2) is 0 Å². The molecule has 0 spiro atoms. The Morgan fingerprint density at radius 2 is 2.13 bits per heavy atom. The smallest absolute Gasteiger partial charge is 0.125 e. The summed E-state index contributed by atoms with van der Waals surface area (Å²) in [6.07, 6.45) is 2.96. The van der Waals surface area contributed by atoms with Crippen LogP contribution in [0, 0.1) is 6.92 Å². The summed E-state index contributed by atoms with van der Waals surface area (Å²) in [5.41, 5.74) is 4.63. The average molecular weight is 322 g/mol. The molecule has 4 heterocycles. The van der Waals surface area contributed by atoms with E-state index in [2.05, 4.69) is 50.6 Å². The van der Waals surface area contributed by atoms with Crippen molar-refractivity contribution in [3.05, 3.63) is 64.7 Å². The second-order valence-corrected chi connectivity index (χ2v) is 6.79. The van der Waals surface area contributed by atoms with E-state index in [9.17, 15) is 0 Å². The van der Waals surface area contributed by atoms with Crippen LogP contribution in [0.2, 0.25) is 0 Å². The molecule has 0 saturated carbocycles. The minimum absolute atomic E-state index is 0.863. The number of pyridine rings is 1. The van der Waals surface area contributed by atoms with Crippen LogP contribution in [0.3, 0.4) is 0 Å². The molecule has 4 nitrogen and oxygen atoms in total. The van der Waals surface area contributed by atoms with Crippen LogP contribution in [0.1, 0.15) is 22.8 Å². The van der Waals surface area contributed by atoms with E-state index >= 15 is 0 Å². The third-order valence-corrected chi connectivity index (χ3v) is 4.99. The lowest BCUT2D eigenvalue weighted by atomic mass is 10.1. The summed E-state index contributed by atoms with van der Waals surface area (Å²) in [7, 11) is 0. The van der Waals surface area contributed by atoms with Gasteiger partial charge in [-0.2, -0.15) is 0 Å². The predicted molar refractivity (Wildman–Crippen MR) is 92.1 cm³/mol. The van der Waals surface area contributed by atoms with Crippen LogP contribution in [-0.2, 0) is 19.5 Å². The van der Waals surface area contributed by atoms with Gasteiger partial charge in [-0.1, -0.05) is 12.1 Å². The van der Waals surface area contributed by atoms with Gasteiger partial charge in [0.2, 0.25) is 0 Å². The second-order valence-electron chi connectivity index (χ2n) is 5.84. The van der Waals surface area contributed by atoms with Gasteiger partial charge in [0, 0.05) is 43.5 Å². The monoisotopic (exact) mass is 322 g/mol. The summed E-state index contributed by atoms with van der Waals surface area (Å²) in [5, 5.41) is 2.09. The van der Waals surface area contributed by atoms with E-state index in [1.807, 2.05) is 13.1 Å². The van der Waals surface area contributed by atoms with Crippen LogP contribution >= 0.6 is 11.3 Å². The van der Waals surface area contributed by atoms with Crippen LogP contribution in [0.25, 0.3) is 10.6 Å². The molecule has 23 heavy (non-hydrogen) atoms. The van der Waals surface area contributed by atoms with E-state index in [4.69, 9.17) is 4.98 Å². The first-order valence-electron chi connectivity index (χ1n) is 7.81. The Bertz CT molecular complexity index is 814. The molecule has 0 unspecified atom stereocenters. The fourth-order valence-corrected chi connectivity index (χ4v) is 3.66. The van der Waals surface area contributed by atoms with Crippen LogP contribution in [0.5, 0.6) is 0 Å². The normalized spacial score (nSPS) is 14.7. The molecule has 3 aromatic heterocycles. The highest BCUT2D eigenvalue weighted by molar-refractivity contribution is 7.13. The average Bonchev–Trinajstić information content (AvgIpc) is 3.10. The van der Waals surface area contributed by atoms with Crippen LogP contribution in [0.4, 0.5) is 0 Å². The third kappa shape index (κ3) is 3.16. The van der Waals surface area contributed by atoms with Gasteiger partial charge < -0.3 is 0 Å². The number of hydrogen-bond acceptors (Lipinski definition) is 5. The Balaban J connectivity index is 1.51. The maximum Gasteiger partial charge on any atom is 0.125 e. The molecule has 0 N–H and O–H groups in total. The second kappa shape index (κ2) is 6.18. The zero-order valence-electron chi connectivity index (χ0n) is 13.1. The molecule has 0 aromatic carbocycles. The molecule has 0 fully saturated rings. The van der Waals surface area contributed by atoms with Gasteiger partial charge >= 0.3 is 0 Å². The van der Waals surface area contributed by atoms with Crippen molar-refractivity contribution in [2.75, 3.05) is 6.54 Å². The number of aryl methyl sites for hydroxylation is 1. The molecular formula is C18H18N4S. The van der Waals surface area contributed by atoms with Gasteiger partial charge in [0.25, 0.3) is 0 Å². The molecule has 0 atom stereocenters. The number of rotatable bonds is 3. The molecule has 0 aliphatic carbocycles. The molecule has 1 aliphatic rings. The van der Waals surface area contributed by atoms with Crippen LogP contribution in [-0.4, -0.2) is 26.4 Å². The lowest BCUT2D eigenvalue weighted by Gasteiger charge is -2.27. The van der Waals surface area contributed by atoms with E-state index in [0.29, 0.717) is 0 Å². The van der Waals surface area contributed by atoms with Crippen molar-refractivity contribution in [3.8, 4) is 10.6 Å². The maximum absolute atomic E-state index is 4.82.